The minimum absolute atomic E-state index is 0.691. The molecule has 0 aliphatic heterocycles. The molecule has 0 radical (unpaired) electrons. The standard InChI is InChI=1S/C13H24/c1-6-12(4)8-7-9-13(5)10-11(2)3/h8,10-11H,6-7,9H2,1-5H3/b12-8+,13-10+. The van der Waals surface area contributed by atoms with Crippen LogP contribution in [-0.4, -0.2) is 0 Å². The highest BCUT2D eigenvalue weighted by atomic mass is 14.0. The molecule has 0 nitrogen and oxygen atoms in total. The molecule has 0 bridgehead atoms. The molecule has 0 aromatic rings. The van der Waals surface area contributed by atoms with Gasteiger partial charge in [0.2, 0.25) is 0 Å². The summed E-state index contributed by atoms with van der Waals surface area (Å²) < 4.78 is 0. The molecule has 0 aromatic carbocycles. The van der Waals surface area contributed by atoms with Gasteiger partial charge in [-0.15, -0.1) is 0 Å². The Balaban J connectivity index is 3.77. The third kappa shape index (κ3) is 7.83. The van der Waals surface area contributed by atoms with E-state index < -0.39 is 0 Å². The van der Waals surface area contributed by atoms with Gasteiger partial charge in [-0.1, -0.05) is 44.1 Å². The molecular weight excluding hydrogens is 156 g/mol. The van der Waals surface area contributed by atoms with Crippen LogP contribution in [0.2, 0.25) is 0 Å². The van der Waals surface area contributed by atoms with Gasteiger partial charge < -0.3 is 0 Å². The zero-order valence-corrected chi connectivity index (χ0v) is 9.85. The van der Waals surface area contributed by atoms with Crippen LogP contribution in [-0.2, 0) is 0 Å². The summed E-state index contributed by atoms with van der Waals surface area (Å²) in [6.45, 7) is 11.1. The lowest BCUT2D eigenvalue weighted by molar-refractivity contribution is 0.806. The largest absolute Gasteiger partial charge is 0.0853 e. The molecule has 0 saturated carbocycles. The maximum Gasteiger partial charge on any atom is -0.0288 e. The van der Waals surface area contributed by atoms with Crippen molar-refractivity contribution in [1.82, 2.24) is 0 Å². The monoisotopic (exact) mass is 180 g/mol. The highest BCUT2D eigenvalue weighted by Gasteiger charge is 1.91. The lowest BCUT2D eigenvalue weighted by atomic mass is 10.1. The van der Waals surface area contributed by atoms with E-state index in [9.17, 15) is 0 Å². The Kier molecular flexibility index (Phi) is 6.66. The van der Waals surface area contributed by atoms with Crippen molar-refractivity contribution in [1.29, 1.82) is 0 Å². The van der Waals surface area contributed by atoms with Crippen molar-refractivity contribution in [3.8, 4) is 0 Å². The van der Waals surface area contributed by atoms with E-state index in [1.165, 1.54) is 30.4 Å². The van der Waals surface area contributed by atoms with Crippen molar-refractivity contribution in [3.05, 3.63) is 23.3 Å². The second-order valence-electron chi connectivity index (χ2n) is 4.20. The summed E-state index contributed by atoms with van der Waals surface area (Å²) in [6, 6.07) is 0. The van der Waals surface area contributed by atoms with Crippen LogP contribution in [0, 0.1) is 5.92 Å². The minimum Gasteiger partial charge on any atom is -0.0853 e. The lowest BCUT2D eigenvalue weighted by Crippen LogP contribution is -1.83. The first kappa shape index (κ1) is 12.5. The van der Waals surface area contributed by atoms with Gasteiger partial charge in [0.15, 0.2) is 0 Å². The van der Waals surface area contributed by atoms with Crippen molar-refractivity contribution >= 4 is 0 Å². The molecule has 0 atom stereocenters. The molecule has 0 aliphatic carbocycles. The molecule has 0 spiro atoms. The van der Waals surface area contributed by atoms with E-state index in [1.807, 2.05) is 0 Å². The fourth-order valence-electron chi connectivity index (χ4n) is 1.34. The Hall–Kier alpha value is -0.520. The Labute approximate surface area is 83.7 Å². The van der Waals surface area contributed by atoms with Gasteiger partial charge >= 0.3 is 0 Å². The molecule has 0 saturated heterocycles. The molecule has 0 heteroatoms. The smallest absolute Gasteiger partial charge is 0.0288 e. The lowest BCUT2D eigenvalue weighted by Gasteiger charge is -2.01. The Morgan fingerprint density at radius 1 is 1.15 bits per heavy atom. The van der Waals surface area contributed by atoms with Gasteiger partial charge in [0, 0.05) is 0 Å². The average Bonchev–Trinajstić information content (AvgIpc) is 2.02. The number of allylic oxidation sites excluding steroid dienone is 4. The molecule has 0 N–H and O–H groups in total. The SMILES string of the molecule is CC/C(C)=C/CC/C(C)=C/C(C)C. The predicted molar refractivity (Wildman–Crippen MR) is 61.9 cm³/mol. The van der Waals surface area contributed by atoms with Crippen LogP contribution in [0.15, 0.2) is 23.3 Å². The molecule has 13 heavy (non-hydrogen) atoms. The van der Waals surface area contributed by atoms with Gasteiger partial charge in [0.25, 0.3) is 0 Å². The van der Waals surface area contributed by atoms with E-state index in [1.54, 1.807) is 0 Å². The number of hydrogen-bond acceptors (Lipinski definition) is 0. The third-order valence-corrected chi connectivity index (χ3v) is 2.21. The maximum absolute atomic E-state index is 2.36. The summed E-state index contributed by atoms with van der Waals surface area (Å²) in [7, 11) is 0. The van der Waals surface area contributed by atoms with Gasteiger partial charge in [0.1, 0.15) is 0 Å². The van der Waals surface area contributed by atoms with Crippen LogP contribution in [0.25, 0.3) is 0 Å². The third-order valence-electron chi connectivity index (χ3n) is 2.21. The van der Waals surface area contributed by atoms with Crippen molar-refractivity contribution in [2.45, 2.75) is 53.9 Å². The summed E-state index contributed by atoms with van der Waals surface area (Å²) in [5, 5.41) is 0. The van der Waals surface area contributed by atoms with Crippen molar-refractivity contribution in [2.24, 2.45) is 5.92 Å². The first-order chi connectivity index (χ1) is 6.06. The van der Waals surface area contributed by atoms with E-state index >= 15 is 0 Å². The second kappa shape index (κ2) is 6.94. The molecule has 0 amide bonds. The van der Waals surface area contributed by atoms with E-state index in [0.717, 1.165) is 0 Å². The van der Waals surface area contributed by atoms with Crippen LogP contribution in [0.3, 0.4) is 0 Å². The van der Waals surface area contributed by atoms with Crippen LogP contribution in [0.5, 0.6) is 0 Å². The first-order valence-corrected chi connectivity index (χ1v) is 5.39. The van der Waals surface area contributed by atoms with Crippen LogP contribution < -0.4 is 0 Å². The summed E-state index contributed by atoms with van der Waals surface area (Å²) in [5.41, 5.74) is 3.03. The van der Waals surface area contributed by atoms with Gasteiger partial charge in [-0.2, -0.15) is 0 Å². The fraction of sp³-hybridized carbons (Fsp3) is 0.692. The highest BCUT2D eigenvalue weighted by molar-refractivity contribution is 5.03. The Morgan fingerprint density at radius 3 is 2.23 bits per heavy atom. The summed E-state index contributed by atoms with van der Waals surface area (Å²) in [4.78, 5) is 0. The average molecular weight is 180 g/mol. The van der Waals surface area contributed by atoms with Crippen molar-refractivity contribution in [3.63, 3.8) is 0 Å². The molecule has 0 fully saturated rings. The Bertz CT molecular complexity index is 182. The van der Waals surface area contributed by atoms with Gasteiger partial charge in [-0.3, -0.25) is 0 Å². The van der Waals surface area contributed by atoms with Crippen molar-refractivity contribution in [2.75, 3.05) is 0 Å². The van der Waals surface area contributed by atoms with Gasteiger partial charge in [0.05, 0.1) is 0 Å². The van der Waals surface area contributed by atoms with Crippen LogP contribution in [0.4, 0.5) is 0 Å². The second-order valence-corrected chi connectivity index (χ2v) is 4.20. The molecule has 0 rings (SSSR count). The summed E-state index contributed by atoms with van der Waals surface area (Å²) in [5.74, 6) is 0.691. The van der Waals surface area contributed by atoms with Crippen molar-refractivity contribution < 1.29 is 0 Å². The highest BCUT2D eigenvalue weighted by Crippen LogP contribution is 2.10. The molecule has 0 heterocycles. The maximum atomic E-state index is 2.36. The molecule has 76 valence electrons. The zero-order chi connectivity index (χ0) is 10.3. The summed E-state index contributed by atoms with van der Waals surface area (Å²) >= 11 is 0. The number of rotatable bonds is 5. The quantitative estimate of drug-likeness (QED) is 0.537. The first-order valence-electron chi connectivity index (χ1n) is 5.39. The van der Waals surface area contributed by atoms with Crippen LogP contribution in [0.1, 0.15) is 53.9 Å². The zero-order valence-electron chi connectivity index (χ0n) is 9.85. The normalized spacial score (nSPS) is 14.0. The topological polar surface area (TPSA) is 0 Å². The summed E-state index contributed by atoms with van der Waals surface area (Å²) in [6.07, 6.45) is 8.32. The van der Waals surface area contributed by atoms with E-state index in [4.69, 9.17) is 0 Å². The van der Waals surface area contributed by atoms with Crippen LogP contribution >= 0.6 is 0 Å². The van der Waals surface area contributed by atoms with E-state index in [2.05, 4.69) is 46.8 Å². The van der Waals surface area contributed by atoms with E-state index in [0.29, 0.717) is 5.92 Å². The molecule has 0 aromatic heterocycles. The fourth-order valence-corrected chi connectivity index (χ4v) is 1.34. The van der Waals surface area contributed by atoms with Gasteiger partial charge in [-0.05, 0) is 39.0 Å². The van der Waals surface area contributed by atoms with E-state index in [-0.39, 0.29) is 0 Å². The molecule has 0 unspecified atom stereocenters. The minimum atomic E-state index is 0.691. The molecular formula is C13H24. The Morgan fingerprint density at radius 2 is 1.77 bits per heavy atom. The van der Waals surface area contributed by atoms with Gasteiger partial charge in [-0.25, -0.2) is 0 Å². The number of hydrogen-bond donors (Lipinski definition) is 0. The molecule has 0 aliphatic rings. The predicted octanol–water partition coefficient (Wildman–Crippen LogP) is 4.73.